The molecule has 3 aromatic carbocycles. The van der Waals surface area contributed by atoms with E-state index in [1.165, 1.54) is 43.3 Å². The zero-order chi connectivity index (χ0) is 24.0. The minimum atomic E-state index is -4.51. The van der Waals surface area contributed by atoms with Gasteiger partial charge in [-0.05, 0) is 55.5 Å². The fraction of sp³-hybridized carbons (Fsp3) is 0.167. The number of rotatable bonds is 7. The second kappa shape index (κ2) is 10.4. The molecule has 0 aliphatic carbocycles. The number of carbonyl (C=O) groups excluding carboxylic acids is 2. The van der Waals surface area contributed by atoms with Gasteiger partial charge in [-0.25, -0.2) is 4.79 Å². The molecular weight excluding hydrogens is 459 g/mol. The lowest BCUT2D eigenvalue weighted by Crippen LogP contribution is -2.26. The molecule has 33 heavy (non-hydrogen) atoms. The van der Waals surface area contributed by atoms with E-state index in [1.807, 2.05) is 0 Å². The van der Waals surface area contributed by atoms with E-state index in [2.05, 4.69) is 5.32 Å². The first-order chi connectivity index (χ1) is 15.6. The third-order valence-corrected chi connectivity index (χ3v) is 4.91. The summed E-state index contributed by atoms with van der Waals surface area (Å²) < 4.78 is 49.2. The molecule has 0 saturated heterocycles. The van der Waals surface area contributed by atoms with Gasteiger partial charge in [-0.3, -0.25) is 4.79 Å². The zero-order valence-electron chi connectivity index (χ0n) is 17.4. The van der Waals surface area contributed by atoms with Gasteiger partial charge < -0.3 is 14.8 Å². The molecule has 3 rings (SSSR count). The number of halogens is 4. The first kappa shape index (κ1) is 24.1. The molecular formula is C24H19ClF3NO4. The topological polar surface area (TPSA) is 64.6 Å². The minimum Gasteiger partial charge on any atom is -0.479 e. The third-order valence-electron chi connectivity index (χ3n) is 4.54. The molecule has 0 radical (unpaired) electrons. The van der Waals surface area contributed by atoms with Crippen molar-refractivity contribution in [3.8, 4) is 5.75 Å². The SMILES string of the molecule is CC(Oc1ccc(C(=O)Nc2cccc(C(F)(F)F)c2)cc1)C(=O)OCc1ccccc1Cl. The minimum absolute atomic E-state index is 0.000848. The van der Waals surface area contributed by atoms with Crippen LogP contribution in [0.4, 0.5) is 18.9 Å². The number of alkyl halides is 3. The predicted octanol–water partition coefficient (Wildman–Crippen LogP) is 6.12. The van der Waals surface area contributed by atoms with E-state index in [-0.39, 0.29) is 17.9 Å². The number of anilines is 1. The van der Waals surface area contributed by atoms with Crippen LogP contribution in [0.5, 0.6) is 5.75 Å². The number of benzene rings is 3. The molecule has 0 bridgehead atoms. The average Bonchev–Trinajstić information content (AvgIpc) is 2.78. The number of hydrogen-bond acceptors (Lipinski definition) is 4. The monoisotopic (exact) mass is 477 g/mol. The zero-order valence-corrected chi connectivity index (χ0v) is 18.1. The van der Waals surface area contributed by atoms with Gasteiger partial charge in [0.15, 0.2) is 6.10 Å². The molecule has 9 heteroatoms. The maximum absolute atomic E-state index is 12.8. The number of hydrogen-bond donors (Lipinski definition) is 1. The van der Waals surface area contributed by atoms with E-state index in [0.29, 0.717) is 16.3 Å². The van der Waals surface area contributed by atoms with Crippen LogP contribution in [-0.2, 0) is 22.3 Å². The largest absolute Gasteiger partial charge is 0.479 e. The summed E-state index contributed by atoms with van der Waals surface area (Å²) in [6, 6.07) is 17.1. The van der Waals surface area contributed by atoms with Crippen molar-refractivity contribution in [2.24, 2.45) is 0 Å². The Hall–Kier alpha value is -3.52. The Morgan fingerprint density at radius 2 is 1.70 bits per heavy atom. The number of nitrogens with one attached hydrogen (secondary N) is 1. The molecule has 1 N–H and O–H groups in total. The fourth-order valence-corrected chi connectivity index (χ4v) is 2.99. The summed E-state index contributed by atoms with van der Waals surface area (Å²) in [5.41, 5.74) is 0.0223. The van der Waals surface area contributed by atoms with Crippen LogP contribution in [0.2, 0.25) is 5.02 Å². The number of carbonyl (C=O) groups is 2. The molecule has 172 valence electrons. The first-order valence-electron chi connectivity index (χ1n) is 9.79. The molecule has 0 aliphatic rings. The Labute approximate surface area is 193 Å². The molecule has 3 aromatic rings. The average molecular weight is 478 g/mol. The van der Waals surface area contributed by atoms with Gasteiger partial charge in [0.1, 0.15) is 12.4 Å². The van der Waals surface area contributed by atoms with E-state index in [9.17, 15) is 22.8 Å². The summed E-state index contributed by atoms with van der Waals surface area (Å²) in [6.07, 6.45) is -5.43. The lowest BCUT2D eigenvalue weighted by molar-refractivity contribution is -0.152. The van der Waals surface area contributed by atoms with E-state index in [4.69, 9.17) is 21.1 Å². The van der Waals surface area contributed by atoms with Gasteiger partial charge >= 0.3 is 12.1 Å². The van der Waals surface area contributed by atoms with Crippen molar-refractivity contribution >= 4 is 29.2 Å². The van der Waals surface area contributed by atoms with Crippen LogP contribution in [0.1, 0.15) is 28.4 Å². The van der Waals surface area contributed by atoms with Gasteiger partial charge in [-0.15, -0.1) is 0 Å². The highest BCUT2D eigenvalue weighted by molar-refractivity contribution is 6.31. The van der Waals surface area contributed by atoms with Gasteiger partial charge in [-0.2, -0.15) is 13.2 Å². The first-order valence-corrected chi connectivity index (χ1v) is 10.2. The molecule has 1 unspecified atom stereocenters. The number of amides is 1. The molecule has 0 fully saturated rings. The van der Waals surface area contributed by atoms with Crippen molar-refractivity contribution in [3.05, 3.63) is 94.5 Å². The third kappa shape index (κ3) is 6.73. The van der Waals surface area contributed by atoms with E-state index >= 15 is 0 Å². The summed E-state index contributed by atoms with van der Waals surface area (Å²) in [4.78, 5) is 24.5. The second-order valence-electron chi connectivity index (χ2n) is 7.02. The molecule has 0 aliphatic heterocycles. The Morgan fingerprint density at radius 1 is 1.00 bits per heavy atom. The molecule has 0 saturated carbocycles. The van der Waals surface area contributed by atoms with Crippen LogP contribution >= 0.6 is 11.6 Å². The fourth-order valence-electron chi connectivity index (χ4n) is 2.80. The van der Waals surface area contributed by atoms with Gasteiger partial charge in [0.2, 0.25) is 0 Å². The Balaban J connectivity index is 1.55. The van der Waals surface area contributed by atoms with Gasteiger partial charge in [0.25, 0.3) is 5.91 Å². The smallest absolute Gasteiger partial charge is 0.416 e. The number of esters is 1. The molecule has 1 amide bonds. The highest BCUT2D eigenvalue weighted by Gasteiger charge is 2.30. The van der Waals surface area contributed by atoms with E-state index < -0.39 is 29.7 Å². The number of ether oxygens (including phenoxy) is 2. The van der Waals surface area contributed by atoms with Gasteiger partial charge in [0, 0.05) is 21.8 Å². The lowest BCUT2D eigenvalue weighted by atomic mass is 10.1. The molecule has 0 heterocycles. The predicted molar refractivity (Wildman–Crippen MR) is 117 cm³/mol. The highest BCUT2D eigenvalue weighted by Crippen LogP contribution is 2.30. The quantitative estimate of drug-likeness (QED) is 0.416. The summed E-state index contributed by atoms with van der Waals surface area (Å²) in [5, 5.41) is 2.91. The standard InChI is InChI=1S/C24H19ClF3NO4/c1-15(23(31)32-14-17-5-2-3-8-21(17)25)33-20-11-9-16(10-12-20)22(30)29-19-7-4-6-18(13-19)24(26,27)28/h2-13,15H,14H2,1H3,(H,29,30). The molecule has 5 nitrogen and oxygen atoms in total. The van der Waals surface area contributed by atoms with Crippen molar-refractivity contribution in [2.75, 3.05) is 5.32 Å². The van der Waals surface area contributed by atoms with Crippen LogP contribution in [0.15, 0.2) is 72.8 Å². The summed E-state index contributed by atoms with van der Waals surface area (Å²) >= 11 is 6.03. The Kier molecular flexibility index (Phi) is 7.60. The van der Waals surface area contributed by atoms with Crippen LogP contribution < -0.4 is 10.1 Å². The van der Waals surface area contributed by atoms with E-state index in [0.717, 1.165) is 12.1 Å². The maximum atomic E-state index is 12.8. The van der Waals surface area contributed by atoms with Crippen molar-refractivity contribution < 1.29 is 32.2 Å². The maximum Gasteiger partial charge on any atom is 0.416 e. The van der Waals surface area contributed by atoms with Crippen LogP contribution in [0.3, 0.4) is 0 Å². The Bertz CT molecular complexity index is 1130. The molecule has 0 spiro atoms. The summed E-state index contributed by atoms with van der Waals surface area (Å²) in [7, 11) is 0. The summed E-state index contributed by atoms with van der Waals surface area (Å²) in [5.74, 6) is -0.873. The van der Waals surface area contributed by atoms with Gasteiger partial charge in [0.05, 0.1) is 5.56 Å². The molecule has 0 aromatic heterocycles. The normalized spacial score (nSPS) is 12.0. The highest BCUT2D eigenvalue weighted by atomic mass is 35.5. The van der Waals surface area contributed by atoms with Crippen LogP contribution in [0, 0.1) is 0 Å². The lowest BCUT2D eigenvalue weighted by Gasteiger charge is -2.15. The summed E-state index contributed by atoms with van der Waals surface area (Å²) in [6.45, 7) is 1.52. The van der Waals surface area contributed by atoms with Crippen molar-refractivity contribution in [1.29, 1.82) is 0 Å². The Morgan fingerprint density at radius 3 is 2.36 bits per heavy atom. The van der Waals surface area contributed by atoms with Gasteiger partial charge in [-0.1, -0.05) is 35.9 Å². The second-order valence-corrected chi connectivity index (χ2v) is 7.42. The van der Waals surface area contributed by atoms with Crippen molar-refractivity contribution in [2.45, 2.75) is 25.8 Å². The van der Waals surface area contributed by atoms with Crippen LogP contribution in [0.25, 0.3) is 0 Å². The molecule has 1 atom stereocenters. The van der Waals surface area contributed by atoms with E-state index in [1.54, 1.807) is 24.3 Å². The van der Waals surface area contributed by atoms with Crippen LogP contribution in [-0.4, -0.2) is 18.0 Å². The van der Waals surface area contributed by atoms with Crippen molar-refractivity contribution in [1.82, 2.24) is 0 Å². The van der Waals surface area contributed by atoms with Crippen molar-refractivity contribution in [3.63, 3.8) is 0 Å².